The maximum absolute atomic E-state index is 13.9. The standard InChI is InChI=1S/C16H13F3N2O3/c1-9(13-7-10(17)3-6-14(13)18)20(2)16(22)12-5-4-11(21(23)24)8-15(12)19/h3-9H,1-2H3. The number of hydrogen-bond donors (Lipinski definition) is 0. The first-order valence-electron chi connectivity index (χ1n) is 6.88. The van der Waals surface area contributed by atoms with Crippen molar-refractivity contribution in [1.82, 2.24) is 4.90 Å². The minimum Gasteiger partial charge on any atom is -0.335 e. The van der Waals surface area contributed by atoms with Crippen molar-refractivity contribution in [3.8, 4) is 0 Å². The number of rotatable bonds is 4. The van der Waals surface area contributed by atoms with Gasteiger partial charge in [-0.2, -0.15) is 0 Å². The maximum Gasteiger partial charge on any atom is 0.272 e. The molecule has 1 amide bonds. The Morgan fingerprint density at radius 1 is 1.12 bits per heavy atom. The summed E-state index contributed by atoms with van der Waals surface area (Å²) < 4.78 is 41.0. The third kappa shape index (κ3) is 3.37. The highest BCUT2D eigenvalue weighted by Gasteiger charge is 2.25. The molecule has 0 aromatic heterocycles. The first kappa shape index (κ1) is 17.5. The molecular weight excluding hydrogens is 325 g/mol. The molecule has 0 heterocycles. The van der Waals surface area contributed by atoms with E-state index in [-0.39, 0.29) is 5.56 Å². The predicted molar refractivity (Wildman–Crippen MR) is 79.9 cm³/mol. The van der Waals surface area contributed by atoms with E-state index in [1.807, 2.05) is 0 Å². The van der Waals surface area contributed by atoms with Crippen molar-refractivity contribution < 1.29 is 22.9 Å². The van der Waals surface area contributed by atoms with Crippen LogP contribution in [0.4, 0.5) is 18.9 Å². The largest absolute Gasteiger partial charge is 0.335 e. The lowest BCUT2D eigenvalue weighted by Gasteiger charge is -2.26. The molecule has 2 rings (SSSR count). The van der Waals surface area contributed by atoms with Crippen LogP contribution in [0.5, 0.6) is 0 Å². The third-order valence-electron chi connectivity index (χ3n) is 3.70. The molecule has 1 atom stereocenters. The first-order chi connectivity index (χ1) is 11.2. The molecule has 8 heteroatoms. The second-order valence-corrected chi connectivity index (χ2v) is 5.18. The van der Waals surface area contributed by atoms with Crippen LogP contribution in [0.3, 0.4) is 0 Å². The Bertz CT molecular complexity index is 811. The van der Waals surface area contributed by atoms with E-state index in [2.05, 4.69) is 0 Å². The lowest BCUT2D eigenvalue weighted by atomic mass is 10.0. The molecule has 24 heavy (non-hydrogen) atoms. The molecule has 0 fully saturated rings. The van der Waals surface area contributed by atoms with Crippen molar-refractivity contribution in [2.75, 3.05) is 7.05 Å². The zero-order valence-corrected chi connectivity index (χ0v) is 12.8. The quantitative estimate of drug-likeness (QED) is 0.628. The van der Waals surface area contributed by atoms with E-state index in [9.17, 15) is 28.1 Å². The van der Waals surface area contributed by atoms with Gasteiger partial charge >= 0.3 is 0 Å². The number of benzene rings is 2. The maximum atomic E-state index is 13.9. The molecule has 0 aliphatic carbocycles. The van der Waals surface area contributed by atoms with E-state index in [0.717, 1.165) is 35.2 Å². The summed E-state index contributed by atoms with van der Waals surface area (Å²) in [4.78, 5) is 23.2. The number of non-ortho nitro benzene ring substituents is 1. The Balaban J connectivity index is 2.32. The van der Waals surface area contributed by atoms with Gasteiger partial charge < -0.3 is 4.90 Å². The summed E-state index contributed by atoms with van der Waals surface area (Å²) in [6.45, 7) is 1.46. The SMILES string of the molecule is CC(c1cc(F)ccc1F)N(C)C(=O)c1ccc([N+](=O)[O-])cc1F. The van der Waals surface area contributed by atoms with E-state index < -0.39 is 45.6 Å². The average Bonchev–Trinajstić information content (AvgIpc) is 2.54. The van der Waals surface area contributed by atoms with E-state index in [1.165, 1.54) is 14.0 Å². The van der Waals surface area contributed by atoms with Gasteiger partial charge in [0, 0.05) is 18.7 Å². The van der Waals surface area contributed by atoms with Crippen molar-refractivity contribution in [3.05, 3.63) is 75.1 Å². The number of amides is 1. The Morgan fingerprint density at radius 2 is 1.79 bits per heavy atom. The van der Waals surface area contributed by atoms with Crippen LogP contribution in [0.2, 0.25) is 0 Å². The Morgan fingerprint density at radius 3 is 2.38 bits per heavy atom. The molecule has 0 spiro atoms. The number of halogens is 3. The topological polar surface area (TPSA) is 63.5 Å². The van der Waals surface area contributed by atoms with Crippen molar-refractivity contribution in [2.24, 2.45) is 0 Å². The number of hydrogen-bond acceptors (Lipinski definition) is 3. The van der Waals surface area contributed by atoms with Crippen LogP contribution < -0.4 is 0 Å². The number of carbonyl (C=O) groups excluding carboxylic acids is 1. The summed E-state index contributed by atoms with van der Waals surface area (Å²) in [5, 5.41) is 10.6. The minimum absolute atomic E-state index is 0.0619. The van der Waals surface area contributed by atoms with Gasteiger partial charge in [0.25, 0.3) is 11.6 Å². The molecule has 2 aromatic rings. The van der Waals surface area contributed by atoms with Gasteiger partial charge in [0.2, 0.25) is 0 Å². The molecule has 1 unspecified atom stereocenters. The smallest absolute Gasteiger partial charge is 0.272 e. The van der Waals surface area contributed by atoms with Crippen molar-refractivity contribution in [3.63, 3.8) is 0 Å². The molecule has 0 saturated heterocycles. The average molecular weight is 338 g/mol. The molecule has 0 radical (unpaired) electrons. The van der Waals surface area contributed by atoms with E-state index >= 15 is 0 Å². The second-order valence-electron chi connectivity index (χ2n) is 5.18. The number of nitrogens with zero attached hydrogens (tertiary/aromatic N) is 2. The zero-order valence-electron chi connectivity index (χ0n) is 12.8. The minimum atomic E-state index is -1.06. The number of nitro benzene ring substituents is 1. The molecule has 0 aliphatic rings. The Hall–Kier alpha value is -2.90. The fourth-order valence-corrected chi connectivity index (χ4v) is 2.20. The van der Waals surface area contributed by atoms with Crippen LogP contribution in [0, 0.1) is 27.6 Å². The lowest BCUT2D eigenvalue weighted by molar-refractivity contribution is -0.385. The van der Waals surface area contributed by atoms with Crippen LogP contribution in [0.25, 0.3) is 0 Å². The van der Waals surface area contributed by atoms with Crippen LogP contribution in [-0.4, -0.2) is 22.8 Å². The van der Waals surface area contributed by atoms with Crippen LogP contribution in [0.1, 0.15) is 28.9 Å². The number of nitro groups is 1. The van der Waals surface area contributed by atoms with Crippen molar-refractivity contribution in [2.45, 2.75) is 13.0 Å². The van der Waals surface area contributed by atoms with Gasteiger partial charge in [-0.3, -0.25) is 14.9 Å². The van der Waals surface area contributed by atoms with Gasteiger partial charge in [0.05, 0.1) is 22.6 Å². The molecular formula is C16H13F3N2O3. The van der Waals surface area contributed by atoms with E-state index in [4.69, 9.17) is 0 Å². The Labute approximate surface area is 135 Å². The molecule has 0 N–H and O–H groups in total. The van der Waals surface area contributed by atoms with Crippen molar-refractivity contribution >= 4 is 11.6 Å². The van der Waals surface area contributed by atoms with Gasteiger partial charge in [-0.05, 0) is 31.2 Å². The predicted octanol–water partition coefficient (Wildman–Crippen LogP) is 3.85. The monoisotopic (exact) mass is 338 g/mol. The van der Waals surface area contributed by atoms with Gasteiger partial charge in [-0.15, -0.1) is 0 Å². The van der Waals surface area contributed by atoms with Gasteiger partial charge in [0.15, 0.2) is 0 Å². The second kappa shape index (κ2) is 6.69. The fourth-order valence-electron chi connectivity index (χ4n) is 2.20. The van der Waals surface area contributed by atoms with Gasteiger partial charge in [-0.25, -0.2) is 13.2 Å². The lowest BCUT2D eigenvalue weighted by Crippen LogP contribution is -2.31. The van der Waals surface area contributed by atoms with Crippen LogP contribution in [-0.2, 0) is 0 Å². The number of carbonyl (C=O) groups is 1. The highest BCUT2D eigenvalue weighted by molar-refractivity contribution is 5.94. The zero-order chi connectivity index (χ0) is 18.0. The highest BCUT2D eigenvalue weighted by Crippen LogP contribution is 2.25. The summed E-state index contributed by atoms with van der Waals surface area (Å²) in [6, 6.07) is 4.58. The first-order valence-corrected chi connectivity index (χ1v) is 6.88. The molecule has 5 nitrogen and oxygen atoms in total. The summed E-state index contributed by atoms with van der Waals surface area (Å²) in [7, 11) is 1.30. The molecule has 0 bridgehead atoms. The molecule has 0 saturated carbocycles. The summed E-state index contributed by atoms with van der Waals surface area (Å²) in [5.74, 6) is -3.24. The van der Waals surface area contributed by atoms with Gasteiger partial charge in [0.1, 0.15) is 17.5 Å². The van der Waals surface area contributed by atoms with Gasteiger partial charge in [-0.1, -0.05) is 0 Å². The van der Waals surface area contributed by atoms with Crippen LogP contribution >= 0.6 is 0 Å². The van der Waals surface area contributed by atoms with Crippen molar-refractivity contribution in [1.29, 1.82) is 0 Å². The summed E-state index contributed by atoms with van der Waals surface area (Å²) in [5.41, 5.74) is -0.948. The van der Waals surface area contributed by atoms with E-state index in [1.54, 1.807) is 0 Å². The Kier molecular flexibility index (Phi) is 4.87. The van der Waals surface area contributed by atoms with E-state index in [0.29, 0.717) is 6.07 Å². The summed E-state index contributed by atoms with van der Waals surface area (Å²) in [6.07, 6.45) is 0. The third-order valence-corrected chi connectivity index (χ3v) is 3.70. The highest BCUT2D eigenvalue weighted by atomic mass is 19.1. The molecule has 0 aliphatic heterocycles. The molecule has 2 aromatic carbocycles. The van der Waals surface area contributed by atoms with Crippen LogP contribution in [0.15, 0.2) is 36.4 Å². The fraction of sp³-hybridized carbons (Fsp3) is 0.188. The molecule has 126 valence electrons. The summed E-state index contributed by atoms with van der Waals surface area (Å²) >= 11 is 0. The normalized spacial score (nSPS) is 11.9.